The number of carbonyl (C=O) groups is 2. The fourth-order valence-corrected chi connectivity index (χ4v) is 6.50. The second-order valence-electron chi connectivity index (χ2n) is 11.0. The Balaban J connectivity index is 1.43. The molecule has 216 valence electrons. The van der Waals surface area contributed by atoms with Crippen LogP contribution in [0.3, 0.4) is 0 Å². The molecule has 2 N–H and O–H groups in total. The first-order chi connectivity index (χ1) is 19.8. The summed E-state index contributed by atoms with van der Waals surface area (Å²) < 4.78 is 8.89. The summed E-state index contributed by atoms with van der Waals surface area (Å²) in [5.74, 6) is 1.94. The van der Waals surface area contributed by atoms with E-state index in [0.717, 1.165) is 95.0 Å². The van der Waals surface area contributed by atoms with Gasteiger partial charge in [0.2, 0.25) is 0 Å². The zero-order valence-corrected chi connectivity index (χ0v) is 25.2. The van der Waals surface area contributed by atoms with Crippen molar-refractivity contribution in [3.63, 3.8) is 0 Å². The molecule has 0 atom stereocenters. The molecule has 2 aromatic carbocycles. The number of unbranched alkanes of at least 4 members (excludes halogenated alkanes) is 1. The van der Waals surface area contributed by atoms with Crippen molar-refractivity contribution in [2.24, 2.45) is 9.98 Å². The zero-order chi connectivity index (χ0) is 29.0. The van der Waals surface area contributed by atoms with E-state index in [1.165, 1.54) is 11.9 Å². The molecule has 5 rings (SSSR count). The number of allylic oxidation sites excluding steroid dienone is 1. The number of hydrogen-bond acceptors (Lipinski definition) is 7. The number of amides is 2. The van der Waals surface area contributed by atoms with Gasteiger partial charge in [0.1, 0.15) is 23.8 Å². The predicted octanol–water partition coefficient (Wildman–Crippen LogP) is 6.76. The molecule has 41 heavy (non-hydrogen) atoms. The minimum Gasteiger partial charge on any atom is -0.445 e. The molecule has 2 aliphatic heterocycles. The number of nitrogens with zero attached hydrogens (tertiary/aromatic N) is 3. The minimum absolute atomic E-state index is 0.109. The first-order valence-corrected chi connectivity index (χ1v) is 15.3. The molecule has 0 bridgehead atoms. The third-order valence-electron chi connectivity index (χ3n) is 8.17. The van der Waals surface area contributed by atoms with Gasteiger partial charge in [-0.05, 0) is 79.4 Å². The van der Waals surface area contributed by atoms with Crippen LogP contribution >= 0.6 is 11.9 Å². The summed E-state index contributed by atoms with van der Waals surface area (Å²) in [5, 5.41) is 2.53. The number of carbonyl (C=O) groups excluding carboxylic acids is 2. The molecule has 8 nitrogen and oxygen atoms in total. The lowest BCUT2D eigenvalue weighted by atomic mass is 9.96. The number of hydrogen-bond donors (Lipinski definition) is 2. The lowest BCUT2D eigenvalue weighted by molar-refractivity contribution is -0.131. The van der Waals surface area contributed by atoms with E-state index in [0.29, 0.717) is 6.54 Å². The first kappa shape index (κ1) is 28.9. The fraction of sp³-hybridized carbons (Fsp3) is 0.438. The van der Waals surface area contributed by atoms with Crippen LogP contribution in [0.5, 0.6) is 0 Å². The van der Waals surface area contributed by atoms with Crippen molar-refractivity contribution >= 4 is 35.6 Å². The van der Waals surface area contributed by atoms with Gasteiger partial charge in [0.05, 0.1) is 6.54 Å². The van der Waals surface area contributed by atoms with Crippen molar-refractivity contribution in [2.45, 2.75) is 89.3 Å². The highest BCUT2D eigenvalue weighted by Crippen LogP contribution is 2.40. The number of amidine groups is 2. The number of nitrogens with one attached hydrogen (secondary N) is 2. The molecular formula is C32H39N5O3S. The molecule has 1 saturated carbocycles. The smallest absolute Gasteiger partial charge is 0.407 e. The van der Waals surface area contributed by atoms with Gasteiger partial charge in [-0.15, -0.1) is 0 Å². The van der Waals surface area contributed by atoms with Gasteiger partial charge >= 0.3 is 6.09 Å². The number of alkyl carbamates (subject to hydrolysis) is 1. The Bertz CT molecular complexity index is 1420. The third kappa shape index (κ3) is 6.05. The molecule has 1 spiro atoms. The molecule has 2 amide bonds. The molecule has 9 heteroatoms. The number of rotatable bonds is 10. The van der Waals surface area contributed by atoms with E-state index >= 15 is 0 Å². The Hall–Kier alpha value is -3.59. The van der Waals surface area contributed by atoms with Crippen LogP contribution in [0.2, 0.25) is 0 Å². The standard InChI is InChI=1S/C32H39N5O3S/c1-5-6-13-28-35-32(16-9-10-17-32)30(38)37(28)19-23-14-15-25(24(18-23)20-40-31(39)33-4)26-11-7-8-12-27(26)41-36-29-21(2)22(3)34-29/h7-8,11-12,14-15,18H,5-6,9-10,13,16-17,19-20H2,1-4H3,(H,33,39)(H,34,36). The molecular weight excluding hydrogens is 534 g/mol. The number of aliphatic imine (C=N–C) groups is 2. The van der Waals surface area contributed by atoms with Crippen molar-refractivity contribution in [2.75, 3.05) is 7.05 Å². The number of ether oxygens (including phenoxy) is 1. The number of benzene rings is 2. The van der Waals surface area contributed by atoms with Gasteiger partial charge in [-0.3, -0.25) is 14.7 Å². The highest BCUT2D eigenvalue weighted by molar-refractivity contribution is 7.98. The van der Waals surface area contributed by atoms with Crippen LogP contribution in [-0.4, -0.2) is 41.2 Å². The topological polar surface area (TPSA) is 95.4 Å². The van der Waals surface area contributed by atoms with E-state index < -0.39 is 11.6 Å². The van der Waals surface area contributed by atoms with Gasteiger partial charge in [-0.25, -0.2) is 9.79 Å². The molecule has 0 radical (unpaired) electrons. The van der Waals surface area contributed by atoms with Crippen LogP contribution < -0.4 is 10.0 Å². The van der Waals surface area contributed by atoms with E-state index in [1.54, 1.807) is 7.05 Å². The van der Waals surface area contributed by atoms with E-state index in [2.05, 4.69) is 59.2 Å². The Morgan fingerprint density at radius 1 is 1.12 bits per heavy atom. The van der Waals surface area contributed by atoms with Crippen LogP contribution in [0, 0.1) is 0 Å². The first-order valence-electron chi connectivity index (χ1n) is 14.5. The summed E-state index contributed by atoms with van der Waals surface area (Å²) >= 11 is 1.51. The molecule has 0 aromatic heterocycles. The quantitative estimate of drug-likeness (QED) is 0.306. The highest BCUT2D eigenvalue weighted by atomic mass is 32.2. The van der Waals surface area contributed by atoms with Crippen LogP contribution in [0.15, 0.2) is 68.6 Å². The molecule has 0 saturated heterocycles. The summed E-state index contributed by atoms with van der Waals surface area (Å²) in [6.07, 6.45) is 6.16. The van der Waals surface area contributed by atoms with Gasteiger partial charge in [0.15, 0.2) is 0 Å². The highest BCUT2D eigenvalue weighted by Gasteiger charge is 2.49. The van der Waals surface area contributed by atoms with E-state index in [4.69, 9.17) is 9.73 Å². The van der Waals surface area contributed by atoms with Crippen molar-refractivity contribution in [3.05, 3.63) is 64.9 Å². The van der Waals surface area contributed by atoms with Crippen LogP contribution in [0.1, 0.15) is 76.8 Å². The third-order valence-corrected chi connectivity index (χ3v) is 9.04. The largest absolute Gasteiger partial charge is 0.445 e. The SMILES string of the molecule is CCCCC1=NC2(CCCC2)C(=O)N1Cc1ccc(-c2ccccc2SNC2=NC(C)=C2C)c(COC(=O)NC)c1. The van der Waals surface area contributed by atoms with Gasteiger partial charge in [-0.1, -0.05) is 56.5 Å². The van der Waals surface area contributed by atoms with Crippen LogP contribution in [-0.2, 0) is 22.7 Å². The van der Waals surface area contributed by atoms with Crippen LogP contribution in [0.25, 0.3) is 11.1 Å². The van der Waals surface area contributed by atoms with Crippen molar-refractivity contribution < 1.29 is 14.3 Å². The van der Waals surface area contributed by atoms with Gasteiger partial charge in [-0.2, -0.15) is 0 Å². The Kier molecular flexibility index (Phi) is 8.82. The maximum absolute atomic E-state index is 13.7. The average molecular weight is 574 g/mol. The maximum Gasteiger partial charge on any atom is 0.407 e. The monoisotopic (exact) mass is 573 g/mol. The minimum atomic E-state index is -0.561. The molecule has 1 aliphatic carbocycles. The summed E-state index contributed by atoms with van der Waals surface area (Å²) in [6, 6.07) is 14.4. The van der Waals surface area contributed by atoms with E-state index in [9.17, 15) is 9.59 Å². The summed E-state index contributed by atoms with van der Waals surface area (Å²) in [4.78, 5) is 38.2. The Morgan fingerprint density at radius 2 is 1.90 bits per heavy atom. The van der Waals surface area contributed by atoms with E-state index in [1.807, 2.05) is 24.0 Å². The van der Waals surface area contributed by atoms with Crippen molar-refractivity contribution in [3.8, 4) is 11.1 Å². The second kappa shape index (κ2) is 12.5. The van der Waals surface area contributed by atoms with Crippen LogP contribution in [0.4, 0.5) is 4.79 Å². The Labute approximate surface area is 246 Å². The molecule has 1 fully saturated rings. The van der Waals surface area contributed by atoms with Gasteiger partial charge in [0, 0.05) is 29.6 Å². The Morgan fingerprint density at radius 3 is 2.61 bits per heavy atom. The van der Waals surface area contributed by atoms with Crippen molar-refractivity contribution in [1.29, 1.82) is 0 Å². The lowest BCUT2D eigenvalue weighted by Gasteiger charge is -2.23. The van der Waals surface area contributed by atoms with Crippen molar-refractivity contribution in [1.82, 2.24) is 14.9 Å². The summed E-state index contributed by atoms with van der Waals surface area (Å²) in [5.41, 5.74) is 5.51. The fourth-order valence-electron chi connectivity index (χ4n) is 5.66. The summed E-state index contributed by atoms with van der Waals surface area (Å²) in [6.45, 7) is 6.79. The predicted molar refractivity (Wildman–Crippen MR) is 165 cm³/mol. The molecule has 3 aliphatic rings. The van der Waals surface area contributed by atoms with E-state index in [-0.39, 0.29) is 12.5 Å². The molecule has 2 heterocycles. The van der Waals surface area contributed by atoms with Gasteiger partial charge < -0.3 is 14.8 Å². The maximum atomic E-state index is 13.7. The lowest BCUT2D eigenvalue weighted by Crippen LogP contribution is -2.40. The zero-order valence-electron chi connectivity index (χ0n) is 24.4. The molecule has 0 unspecified atom stereocenters. The normalized spacial score (nSPS) is 17.5. The second-order valence-corrected chi connectivity index (χ2v) is 11.8. The van der Waals surface area contributed by atoms with Gasteiger partial charge in [0.25, 0.3) is 5.91 Å². The average Bonchev–Trinajstić information content (AvgIpc) is 3.57. The summed E-state index contributed by atoms with van der Waals surface area (Å²) in [7, 11) is 1.55. The molecule has 2 aromatic rings.